The first-order valence-electron chi connectivity index (χ1n) is 13.3. The second-order valence-corrected chi connectivity index (χ2v) is 11.9. The highest BCUT2D eigenvalue weighted by Gasteiger charge is 2.38. The Hall–Kier alpha value is -3.83. The molecule has 0 aliphatic carbocycles. The number of nitrogens with one attached hydrogen (secondary N) is 1. The molecule has 0 saturated carbocycles. The Bertz CT molecular complexity index is 1760. The molecule has 2 amide bonds. The number of aromatic nitrogens is 3. The average molecular weight is 553 g/mol. The number of amides is 2. The summed E-state index contributed by atoms with van der Waals surface area (Å²) in [6.45, 7) is 1.43. The molecule has 1 aliphatic heterocycles. The van der Waals surface area contributed by atoms with Gasteiger partial charge in [0, 0.05) is 44.9 Å². The number of benzene rings is 1. The van der Waals surface area contributed by atoms with Crippen LogP contribution in [-0.2, 0) is 14.8 Å². The highest BCUT2D eigenvalue weighted by atomic mass is 32.2. The predicted molar refractivity (Wildman–Crippen MR) is 148 cm³/mol. The third kappa shape index (κ3) is 5.11. The molecule has 196 valence electrons. The number of aryl methyl sites for hydroxylation is 3. The molecule has 1 aliphatic rings. The third-order valence-electron chi connectivity index (χ3n) is 6.28. The van der Waals surface area contributed by atoms with Crippen LogP contribution < -0.4 is 5.32 Å². The minimum absolute atomic E-state index is 0.116. The Balaban J connectivity index is 1.30. The Kier molecular flexibility index (Phi) is 5.72. The van der Waals surface area contributed by atoms with E-state index in [1.165, 1.54) is 16.2 Å². The van der Waals surface area contributed by atoms with Crippen LogP contribution in [0.5, 0.6) is 0 Å². The van der Waals surface area contributed by atoms with E-state index in [9.17, 15) is 18.0 Å². The normalized spacial score (nSPS) is 16.8. The summed E-state index contributed by atoms with van der Waals surface area (Å²) in [6, 6.07) is 12.2. The van der Waals surface area contributed by atoms with Crippen LogP contribution in [0.2, 0.25) is 0 Å². The Morgan fingerprint density at radius 3 is 2.45 bits per heavy atom. The van der Waals surface area contributed by atoms with Crippen molar-refractivity contribution in [3.8, 4) is 22.4 Å². The van der Waals surface area contributed by atoms with Crippen LogP contribution in [0.1, 0.15) is 38.0 Å². The Labute approximate surface area is 229 Å². The lowest BCUT2D eigenvalue weighted by Gasteiger charge is -2.39. The summed E-state index contributed by atoms with van der Waals surface area (Å²) in [5, 5.41) is 4.98. The third-order valence-corrected chi connectivity index (χ3v) is 8.06. The van der Waals surface area contributed by atoms with Gasteiger partial charge in [0.25, 0.3) is 5.91 Å². The van der Waals surface area contributed by atoms with Crippen LogP contribution in [0.25, 0.3) is 22.4 Å². The van der Waals surface area contributed by atoms with Gasteiger partial charge in [0.1, 0.15) is 6.04 Å². The number of thiazole rings is 1. The van der Waals surface area contributed by atoms with E-state index in [4.69, 9.17) is 4.11 Å². The standard InChI is InChI=1S/C27H27N5O4S2/c1-16-10-21(11-17(2)28-16)19-6-5-7-20(13-19)23-15-37-27(29-23)30-25(33)24-8-9-31(24)26(34)22-12-18(3)32(14-22)38(4,35)36/h5-7,10-15,24H,8-9H2,1-4H3,(H,29,30,33)/t24-/m0/s1/i3D3. The summed E-state index contributed by atoms with van der Waals surface area (Å²) in [7, 11) is -3.96. The molecule has 1 aromatic carbocycles. The van der Waals surface area contributed by atoms with E-state index in [-0.39, 0.29) is 12.1 Å². The van der Waals surface area contributed by atoms with Crippen LogP contribution in [0.15, 0.2) is 54.0 Å². The number of nitrogens with zero attached hydrogens (tertiary/aromatic N) is 4. The zero-order valence-corrected chi connectivity index (χ0v) is 22.6. The van der Waals surface area contributed by atoms with Gasteiger partial charge in [0.05, 0.1) is 17.5 Å². The van der Waals surface area contributed by atoms with E-state index in [1.54, 1.807) is 0 Å². The van der Waals surface area contributed by atoms with E-state index >= 15 is 0 Å². The zero-order chi connectivity index (χ0) is 29.7. The number of rotatable bonds is 6. The van der Waals surface area contributed by atoms with E-state index in [0.717, 1.165) is 46.6 Å². The summed E-state index contributed by atoms with van der Waals surface area (Å²) in [4.78, 5) is 36.5. The summed E-state index contributed by atoms with van der Waals surface area (Å²) in [5.74, 6) is -1.05. The number of anilines is 1. The Morgan fingerprint density at radius 2 is 1.82 bits per heavy atom. The largest absolute Gasteiger partial charge is 0.326 e. The number of carbonyl (C=O) groups is 2. The average Bonchev–Trinajstić information content (AvgIpc) is 3.50. The van der Waals surface area contributed by atoms with Crippen LogP contribution >= 0.6 is 11.3 Å². The molecule has 1 saturated heterocycles. The van der Waals surface area contributed by atoms with E-state index in [1.807, 2.05) is 55.6 Å². The number of hydrogen-bond donors (Lipinski definition) is 1. The molecule has 1 N–H and O–H groups in total. The zero-order valence-electron chi connectivity index (χ0n) is 23.9. The van der Waals surface area contributed by atoms with Gasteiger partial charge in [-0.15, -0.1) is 11.3 Å². The van der Waals surface area contributed by atoms with Crippen molar-refractivity contribution in [3.63, 3.8) is 0 Å². The molecular weight excluding hydrogens is 522 g/mol. The van der Waals surface area contributed by atoms with Crippen molar-refractivity contribution in [3.05, 3.63) is 76.7 Å². The second-order valence-electron chi connectivity index (χ2n) is 9.22. The van der Waals surface area contributed by atoms with Crippen LogP contribution in [0.4, 0.5) is 5.13 Å². The summed E-state index contributed by atoms with van der Waals surface area (Å²) >= 11 is 1.26. The first-order valence-corrected chi connectivity index (χ1v) is 14.5. The molecule has 9 nitrogen and oxygen atoms in total. The molecule has 0 radical (unpaired) electrons. The van der Waals surface area contributed by atoms with Gasteiger partial charge in [-0.2, -0.15) is 0 Å². The maximum absolute atomic E-state index is 13.1. The first-order chi connectivity index (χ1) is 19.2. The topological polar surface area (TPSA) is 114 Å². The fraction of sp³-hybridized carbons (Fsp3) is 0.259. The van der Waals surface area contributed by atoms with E-state index < -0.39 is 40.4 Å². The first kappa shape index (κ1) is 22.2. The molecular formula is C27H27N5O4S2. The minimum atomic E-state index is -3.96. The molecule has 4 heterocycles. The molecule has 0 unspecified atom stereocenters. The maximum Gasteiger partial charge on any atom is 0.256 e. The van der Waals surface area contributed by atoms with Gasteiger partial charge in [-0.25, -0.2) is 17.4 Å². The molecule has 4 aromatic rings. The minimum Gasteiger partial charge on any atom is -0.326 e. The van der Waals surface area contributed by atoms with Gasteiger partial charge in [-0.1, -0.05) is 18.2 Å². The quantitative estimate of drug-likeness (QED) is 0.382. The lowest BCUT2D eigenvalue weighted by atomic mass is 10.0. The van der Waals surface area contributed by atoms with Crippen molar-refractivity contribution >= 4 is 38.3 Å². The maximum atomic E-state index is 13.1. The number of pyridine rings is 1. The van der Waals surface area contributed by atoms with Gasteiger partial charge < -0.3 is 10.2 Å². The highest BCUT2D eigenvalue weighted by molar-refractivity contribution is 7.89. The van der Waals surface area contributed by atoms with Crippen molar-refractivity contribution in [1.82, 2.24) is 18.8 Å². The highest BCUT2D eigenvalue weighted by Crippen LogP contribution is 2.30. The lowest BCUT2D eigenvalue weighted by Crippen LogP contribution is -2.56. The lowest BCUT2D eigenvalue weighted by molar-refractivity contribution is -0.123. The number of likely N-dealkylation sites (tertiary alicyclic amines) is 1. The van der Waals surface area contributed by atoms with Crippen LogP contribution in [0, 0.1) is 20.7 Å². The summed E-state index contributed by atoms with van der Waals surface area (Å²) in [6.07, 6.45) is 2.25. The van der Waals surface area contributed by atoms with E-state index in [2.05, 4.69) is 15.3 Å². The smallest absolute Gasteiger partial charge is 0.256 e. The molecule has 0 bridgehead atoms. The fourth-order valence-electron chi connectivity index (χ4n) is 4.42. The molecule has 0 spiro atoms. The van der Waals surface area contributed by atoms with Gasteiger partial charge in [-0.05, 0) is 62.5 Å². The van der Waals surface area contributed by atoms with Crippen molar-refractivity contribution in [2.45, 2.75) is 33.2 Å². The van der Waals surface area contributed by atoms with Gasteiger partial charge in [0.15, 0.2) is 5.13 Å². The SMILES string of the molecule is [2H]C([2H])([2H])c1cc(C(=O)N2CC[C@H]2C(=O)Nc2nc(-c3cccc(-c4cc(C)nc(C)c4)c3)cs2)cn1S(C)(=O)=O. The molecule has 38 heavy (non-hydrogen) atoms. The summed E-state index contributed by atoms with van der Waals surface area (Å²) in [5.41, 5.74) is 4.89. The fourth-order valence-corrected chi connectivity index (χ4v) is 5.85. The molecule has 1 fully saturated rings. The van der Waals surface area contributed by atoms with Gasteiger partial charge in [-0.3, -0.25) is 14.6 Å². The van der Waals surface area contributed by atoms with Crippen LogP contribution in [0.3, 0.4) is 0 Å². The molecule has 5 rings (SSSR count). The van der Waals surface area contributed by atoms with Crippen molar-refractivity contribution in [2.75, 3.05) is 18.1 Å². The van der Waals surface area contributed by atoms with E-state index in [0.29, 0.717) is 21.2 Å². The van der Waals surface area contributed by atoms with Gasteiger partial charge in [0.2, 0.25) is 15.9 Å². The van der Waals surface area contributed by atoms with Crippen LogP contribution in [-0.4, -0.2) is 57.9 Å². The van der Waals surface area contributed by atoms with Gasteiger partial charge >= 0.3 is 0 Å². The summed E-state index contributed by atoms with van der Waals surface area (Å²) < 4.78 is 47.7. The molecule has 11 heteroatoms. The molecule has 1 atom stereocenters. The second kappa shape index (κ2) is 9.80. The Morgan fingerprint density at radius 1 is 1.08 bits per heavy atom. The number of hydrogen-bond acceptors (Lipinski definition) is 7. The molecule has 3 aromatic heterocycles. The number of carbonyl (C=O) groups excluding carboxylic acids is 2. The van der Waals surface area contributed by atoms with Crippen molar-refractivity contribution in [2.24, 2.45) is 0 Å². The predicted octanol–water partition coefficient (Wildman–Crippen LogP) is 4.26. The monoisotopic (exact) mass is 552 g/mol. The van der Waals surface area contributed by atoms with Crippen molar-refractivity contribution in [1.29, 1.82) is 0 Å². The van der Waals surface area contributed by atoms with Crippen molar-refractivity contribution < 1.29 is 22.1 Å².